The van der Waals surface area contributed by atoms with Gasteiger partial charge in [-0.05, 0) is 48.8 Å². The van der Waals surface area contributed by atoms with Gasteiger partial charge in [-0.2, -0.15) is 0 Å². The molecule has 0 saturated carbocycles. The first-order valence-corrected chi connectivity index (χ1v) is 8.59. The van der Waals surface area contributed by atoms with Crippen LogP contribution in [-0.2, 0) is 22.4 Å². The van der Waals surface area contributed by atoms with Gasteiger partial charge in [0, 0.05) is 19.4 Å². The Morgan fingerprint density at radius 3 is 2.26 bits per heavy atom. The number of ketones is 1. The fraction of sp³-hybridized carbons (Fsp3) is 0.550. The van der Waals surface area contributed by atoms with E-state index in [2.05, 4.69) is 32.9 Å². The van der Waals surface area contributed by atoms with Gasteiger partial charge in [0.2, 0.25) is 0 Å². The maximum absolute atomic E-state index is 12.9. The van der Waals surface area contributed by atoms with Crippen LogP contribution in [0.5, 0.6) is 0 Å². The first-order chi connectivity index (χ1) is 11.0. The Morgan fingerprint density at radius 2 is 1.78 bits per heavy atom. The molecule has 1 aromatic rings. The number of methoxy groups -OCH3 is 1. The standard InChI is InChI=1S/C20H28O3/c1-5-15-9-13(3)10-16(6-2)19(15)20-17(22)11-14(7-8-21)12-18(20)23-4/h9-10,14,21H,5-8,11-12H2,1-4H3. The van der Waals surface area contributed by atoms with E-state index in [4.69, 9.17) is 4.74 Å². The third-order valence-electron chi connectivity index (χ3n) is 4.75. The Kier molecular flexibility index (Phi) is 6.00. The van der Waals surface area contributed by atoms with Gasteiger partial charge in [-0.1, -0.05) is 31.5 Å². The average molecular weight is 316 g/mol. The second kappa shape index (κ2) is 7.78. The zero-order chi connectivity index (χ0) is 17.0. The molecule has 0 fully saturated rings. The van der Waals surface area contributed by atoms with Crippen LogP contribution in [0, 0.1) is 12.8 Å². The van der Waals surface area contributed by atoms with Crippen LogP contribution >= 0.6 is 0 Å². The van der Waals surface area contributed by atoms with Crippen molar-refractivity contribution in [3.05, 3.63) is 40.1 Å². The van der Waals surface area contributed by atoms with Gasteiger partial charge in [0.1, 0.15) is 5.76 Å². The molecular formula is C20H28O3. The van der Waals surface area contributed by atoms with E-state index in [9.17, 15) is 9.90 Å². The normalized spacial score (nSPS) is 18.5. The Bertz CT molecular complexity index is 588. The summed E-state index contributed by atoms with van der Waals surface area (Å²) in [6.07, 6.45) is 3.69. The maximum atomic E-state index is 12.9. The number of Topliss-reactive ketones (excluding diaryl/α,β-unsaturated/α-hetero) is 1. The van der Waals surface area contributed by atoms with Crippen LogP contribution in [0.25, 0.3) is 5.57 Å². The van der Waals surface area contributed by atoms with Gasteiger partial charge in [0.05, 0.1) is 12.7 Å². The van der Waals surface area contributed by atoms with Crippen molar-refractivity contribution < 1.29 is 14.6 Å². The number of carbonyl (C=O) groups excluding carboxylic acids is 1. The molecule has 3 nitrogen and oxygen atoms in total. The Morgan fingerprint density at radius 1 is 1.17 bits per heavy atom. The van der Waals surface area contributed by atoms with E-state index in [1.807, 2.05) is 0 Å². The van der Waals surface area contributed by atoms with Crippen molar-refractivity contribution >= 4 is 11.4 Å². The molecule has 3 heteroatoms. The largest absolute Gasteiger partial charge is 0.500 e. The summed E-state index contributed by atoms with van der Waals surface area (Å²) >= 11 is 0. The zero-order valence-electron chi connectivity index (χ0n) is 14.7. The van der Waals surface area contributed by atoms with Crippen LogP contribution in [-0.4, -0.2) is 24.6 Å². The van der Waals surface area contributed by atoms with E-state index in [1.54, 1.807) is 7.11 Å². The molecule has 1 atom stereocenters. The molecule has 0 saturated heterocycles. The molecule has 0 heterocycles. The molecule has 2 rings (SSSR count). The SMILES string of the molecule is CCc1cc(C)cc(CC)c1C1=C(OC)CC(CCO)CC1=O. The summed E-state index contributed by atoms with van der Waals surface area (Å²) in [4.78, 5) is 12.9. The lowest BCUT2D eigenvalue weighted by atomic mass is 9.79. The maximum Gasteiger partial charge on any atom is 0.167 e. The van der Waals surface area contributed by atoms with E-state index in [0.29, 0.717) is 12.8 Å². The number of allylic oxidation sites excluding steroid dienone is 2. The summed E-state index contributed by atoms with van der Waals surface area (Å²) in [5.41, 5.74) is 5.55. The van der Waals surface area contributed by atoms with Crippen molar-refractivity contribution in [2.45, 2.75) is 52.9 Å². The molecule has 0 bridgehead atoms. The topological polar surface area (TPSA) is 46.5 Å². The lowest BCUT2D eigenvalue weighted by Crippen LogP contribution is -2.22. The van der Waals surface area contributed by atoms with Gasteiger partial charge >= 0.3 is 0 Å². The van der Waals surface area contributed by atoms with Crippen LogP contribution in [0.15, 0.2) is 17.9 Å². The number of carbonyl (C=O) groups is 1. The smallest absolute Gasteiger partial charge is 0.167 e. The molecule has 0 spiro atoms. The van der Waals surface area contributed by atoms with E-state index in [-0.39, 0.29) is 18.3 Å². The molecular weight excluding hydrogens is 288 g/mol. The highest BCUT2D eigenvalue weighted by molar-refractivity contribution is 6.22. The van der Waals surface area contributed by atoms with E-state index in [0.717, 1.165) is 36.2 Å². The number of aliphatic hydroxyl groups excluding tert-OH is 1. The number of benzene rings is 1. The van der Waals surface area contributed by atoms with Gasteiger partial charge in [0.25, 0.3) is 0 Å². The van der Waals surface area contributed by atoms with Crippen LogP contribution in [0.3, 0.4) is 0 Å². The average Bonchev–Trinajstić information content (AvgIpc) is 2.54. The molecule has 1 aromatic carbocycles. The molecule has 1 N–H and O–H groups in total. The van der Waals surface area contributed by atoms with Crippen molar-refractivity contribution in [1.82, 2.24) is 0 Å². The molecule has 0 radical (unpaired) electrons. The lowest BCUT2D eigenvalue weighted by Gasteiger charge is -2.27. The van der Waals surface area contributed by atoms with E-state index in [1.165, 1.54) is 16.7 Å². The molecule has 1 aliphatic carbocycles. The number of ether oxygens (including phenoxy) is 1. The molecule has 0 aromatic heterocycles. The minimum Gasteiger partial charge on any atom is -0.500 e. The first kappa shape index (κ1) is 17.7. The number of hydrogen-bond acceptors (Lipinski definition) is 3. The number of aryl methyl sites for hydroxylation is 3. The Hall–Kier alpha value is -1.61. The predicted molar refractivity (Wildman–Crippen MR) is 93.3 cm³/mol. The fourth-order valence-corrected chi connectivity index (χ4v) is 3.63. The summed E-state index contributed by atoms with van der Waals surface area (Å²) in [5.74, 6) is 1.12. The minimum atomic E-state index is 0.120. The summed E-state index contributed by atoms with van der Waals surface area (Å²) in [7, 11) is 1.65. The Labute approximate surface area is 139 Å². The van der Waals surface area contributed by atoms with Crippen LogP contribution in [0.1, 0.15) is 55.4 Å². The third kappa shape index (κ3) is 3.66. The molecule has 0 amide bonds. The van der Waals surface area contributed by atoms with Crippen LogP contribution < -0.4 is 0 Å². The highest BCUT2D eigenvalue weighted by atomic mass is 16.5. The highest BCUT2D eigenvalue weighted by Gasteiger charge is 2.31. The van der Waals surface area contributed by atoms with E-state index >= 15 is 0 Å². The van der Waals surface area contributed by atoms with Crippen molar-refractivity contribution in [3.63, 3.8) is 0 Å². The van der Waals surface area contributed by atoms with Crippen LogP contribution in [0.2, 0.25) is 0 Å². The van der Waals surface area contributed by atoms with Gasteiger partial charge in [-0.25, -0.2) is 0 Å². The van der Waals surface area contributed by atoms with E-state index < -0.39 is 0 Å². The summed E-state index contributed by atoms with van der Waals surface area (Å²) in [5, 5.41) is 9.17. The van der Waals surface area contributed by atoms with Crippen molar-refractivity contribution in [2.75, 3.05) is 13.7 Å². The fourth-order valence-electron chi connectivity index (χ4n) is 3.63. The van der Waals surface area contributed by atoms with Crippen LogP contribution in [0.4, 0.5) is 0 Å². The molecule has 1 aliphatic rings. The zero-order valence-corrected chi connectivity index (χ0v) is 14.7. The van der Waals surface area contributed by atoms with Crippen molar-refractivity contribution in [3.8, 4) is 0 Å². The third-order valence-corrected chi connectivity index (χ3v) is 4.75. The molecule has 1 unspecified atom stereocenters. The van der Waals surface area contributed by atoms with Gasteiger partial charge in [-0.15, -0.1) is 0 Å². The number of rotatable bonds is 6. The Balaban J connectivity index is 2.60. The molecule has 23 heavy (non-hydrogen) atoms. The second-order valence-electron chi connectivity index (χ2n) is 6.38. The number of hydrogen-bond donors (Lipinski definition) is 1. The summed E-state index contributed by atoms with van der Waals surface area (Å²) in [6, 6.07) is 4.36. The summed E-state index contributed by atoms with van der Waals surface area (Å²) < 4.78 is 5.61. The van der Waals surface area contributed by atoms with Gasteiger partial charge < -0.3 is 9.84 Å². The first-order valence-electron chi connectivity index (χ1n) is 8.59. The monoisotopic (exact) mass is 316 g/mol. The number of aliphatic hydroxyl groups is 1. The van der Waals surface area contributed by atoms with Crippen molar-refractivity contribution in [2.24, 2.45) is 5.92 Å². The molecule has 0 aliphatic heterocycles. The van der Waals surface area contributed by atoms with Gasteiger partial charge in [-0.3, -0.25) is 4.79 Å². The van der Waals surface area contributed by atoms with Crippen molar-refractivity contribution in [1.29, 1.82) is 0 Å². The highest BCUT2D eigenvalue weighted by Crippen LogP contribution is 2.38. The lowest BCUT2D eigenvalue weighted by molar-refractivity contribution is -0.115. The predicted octanol–water partition coefficient (Wildman–Crippen LogP) is 3.84. The summed E-state index contributed by atoms with van der Waals surface area (Å²) in [6.45, 7) is 6.49. The van der Waals surface area contributed by atoms with Gasteiger partial charge in [0.15, 0.2) is 5.78 Å². The molecule has 126 valence electrons. The quantitative estimate of drug-likeness (QED) is 0.867. The minimum absolute atomic E-state index is 0.120. The second-order valence-corrected chi connectivity index (χ2v) is 6.38.